The number of hydrogen-bond donors (Lipinski definition) is 1. The zero-order valence-electron chi connectivity index (χ0n) is 12.0. The summed E-state index contributed by atoms with van der Waals surface area (Å²) < 4.78 is 10.7. The summed E-state index contributed by atoms with van der Waals surface area (Å²) in [6.07, 6.45) is 0.904. The lowest BCUT2D eigenvalue weighted by atomic mass is 10.1. The van der Waals surface area contributed by atoms with Crippen LogP contribution in [-0.4, -0.2) is 29.3 Å². The average Bonchev–Trinajstić information content (AvgIpc) is 3.19. The molecule has 3 heterocycles. The van der Waals surface area contributed by atoms with E-state index in [2.05, 4.69) is 15.5 Å². The number of hydrogen-bond acceptors (Lipinski definition) is 6. The van der Waals surface area contributed by atoms with E-state index in [4.69, 9.17) is 9.26 Å². The Kier molecular flexibility index (Phi) is 3.77. The fraction of sp³-hybridized carbons (Fsp3) is 0.500. The van der Waals surface area contributed by atoms with Gasteiger partial charge in [0.1, 0.15) is 5.54 Å². The molecule has 3 rings (SSSR count). The van der Waals surface area contributed by atoms with Crippen molar-refractivity contribution in [3.63, 3.8) is 0 Å². The number of rotatable bonds is 4. The highest BCUT2D eigenvalue weighted by Gasteiger charge is 2.32. The largest absolute Gasteiger partial charge is 0.381 e. The minimum Gasteiger partial charge on any atom is -0.381 e. The van der Waals surface area contributed by atoms with Crippen molar-refractivity contribution in [2.24, 2.45) is 0 Å². The van der Waals surface area contributed by atoms with Crippen LogP contribution in [0.15, 0.2) is 22.0 Å². The molecule has 1 atom stereocenters. The van der Waals surface area contributed by atoms with Crippen molar-refractivity contribution in [2.45, 2.75) is 31.7 Å². The standard InChI is InChI=1S/C14H17N3O3S/c1-14(2,16-12(18)10-4-3-7-21-10)13-15-11(17-20-13)9-5-6-19-8-9/h3-4,7,9H,5-6,8H2,1-2H3,(H,16,18). The van der Waals surface area contributed by atoms with E-state index in [-0.39, 0.29) is 11.8 Å². The summed E-state index contributed by atoms with van der Waals surface area (Å²) in [4.78, 5) is 17.2. The molecule has 7 heteroatoms. The summed E-state index contributed by atoms with van der Waals surface area (Å²) in [5.41, 5.74) is -0.716. The number of ether oxygens (including phenoxy) is 1. The molecule has 1 N–H and O–H groups in total. The minimum atomic E-state index is -0.716. The van der Waals surface area contributed by atoms with Gasteiger partial charge in [-0.2, -0.15) is 4.98 Å². The molecule has 0 aromatic carbocycles. The van der Waals surface area contributed by atoms with E-state index in [9.17, 15) is 4.79 Å². The second kappa shape index (κ2) is 5.57. The van der Waals surface area contributed by atoms with Crippen molar-refractivity contribution < 1.29 is 14.1 Å². The molecule has 21 heavy (non-hydrogen) atoms. The highest BCUT2D eigenvalue weighted by atomic mass is 32.1. The molecule has 1 aliphatic rings. The van der Waals surface area contributed by atoms with Crippen LogP contribution in [0.5, 0.6) is 0 Å². The monoisotopic (exact) mass is 307 g/mol. The van der Waals surface area contributed by atoms with E-state index < -0.39 is 5.54 Å². The first-order valence-corrected chi connectivity index (χ1v) is 7.72. The third-order valence-electron chi connectivity index (χ3n) is 3.44. The van der Waals surface area contributed by atoms with Gasteiger partial charge in [0.2, 0.25) is 0 Å². The number of aromatic nitrogens is 2. The Balaban J connectivity index is 1.73. The fourth-order valence-electron chi connectivity index (χ4n) is 2.20. The van der Waals surface area contributed by atoms with E-state index in [1.165, 1.54) is 11.3 Å². The van der Waals surface area contributed by atoms with Crippen molar-refractivity contribution in [3.05, 3.63) is 34.1 Å². The predicted octanol–water partition coefficient (Wildman–Crippen LogP) is 2.30. The van der Waals surface area contributed by atoms with Crippen LogP contribution in [0.3, 0.4) is 0 Å². The summed E-state index contributed by atoms with van der Waals surface area (Å²) in [5.74, 6) is 1.11. The normalized spacial score (nSPS) is 18.9. The van der Waals surface area contributed by atoms with Crippen molar-refractivity contribution in [3.8, 4) is 0 Å². The zero-order valence-corrected chi connectivity index (χ0v) is 12.8. The molecular formula is C14H17N3O3S. The van der Waals surface area contributed by atoms with Gasteiger partial charge in [-0.15, -0.1) is 11.3 Å². The number of amides is 1. The Hall–Kier alpha value is -1.73. The Morgan fingerprint density at radius 3 is 3.05 bits per heavy atom. The highest BCUT2D eigenvalue weighted by molar-refractivity contribution is 7.12. The number of carbonyl (C=O) groups excluding carboxylic acids is 1. The third-order valence-corrected chi connectivity index (χ3v) is 4.31. The topological polar surface area (TPSA) is 77.2 Å². The minimum absolute atomic E-state index is 0.140. The zero-order chi connectivity index (χ0) is 14.9. The Labute approximate surface area is 126 Å². The molecule has 0 spiro atoms. The van der Waals surface area contributed by atoms with Crippen LogP contribution in [0, 0.1) is 0 Å². The van der Waals surface area contributed by atoms with Crippen LogP contribution in [0.1, 0.15) is 47.6 Å². The maximum absolute atomic E-state index is 12.1. The van der Waals surface area contributed by atoms with Crippen LogP contribution < -0.4 is 5.32 Å². The summed E-state index contributed by atoms with van der Waals surface area (Å²) in [6, 6.07) is 3.63. The van der Waals surface area contributed by atoms with Gasteiger partial charge in [0.15, 0.2) is 5.82 Å². The Morgan fingerprint density at radius 2 is 2.38 bits per heavy atom. The van der Waals surface area contributed by atoms with Gasteiger partial charge in [0.05, 0.1) is 11.5 Å². The molecule has 0 bridgehead atoms. The molecular weight excluding hydrogens is 290 g/mol. The van der Waals surface area contributed by atoms with Crippen LogP contribution in [0.25, 0.3) is 0 Å². The van der Waals surface area contributed by atoms with Crippen molar-refractivity contribution in [1.82, 2.24) is 15.5 Å². The second-order valence-electron chi connectivity index (χ2n) is 5.57. The quantitative estimate of drug-likeness (QED) is 0.938. The van der Waals surface area contributed by atoms with Gasteiger partial charge < -0.3 is 14.6 Å². The molecule has 1 fully saturated rings. The van der Waals surface area contributed by atoms with Crippen LogP contribution in [0.4, 0.5) is 0 Å². The first-order valence-electron chi connectivity index (χ1n) is 6.84. The van der Waals surface area contributed by atoms with Crippen molar-refractivity contribution >= 4 is 17.2 Å². The van der Waals surface area contributed by atoms with E-state index in [1.807, 2.05) is 25.3 Å². The second-order valence-corrected chi connectivity index (χ2v) is 6.52. The van der Waals surface area contributed by atoms with E-state index >= 15 is 0 Å². The molecule has 1 unspecified atom stereocenters. The molecule has 1 aliphatic heterocycles. The van der Waals surface area contributed by atoms with E-state index in [0.29, 0.717) is 23.2 Å². The molecule has 1 saturated heterocycles. The van der Waals surface area contributed by atoms with Gasteiger partial charge in [-0.1, -0.05) is 11.2 Å². The summed E-state index contributed by atoms with van der Waals surface area (Å²) in [7, 11) is 0. The smallest absolute Gasteiger partial charge is 0.262 e. The fourth-order valence-corrected chi connectivity index (χ4v) is 2.82. The maximum Gasteiger partial charge on any atom is 0.262 e. The van der Waals surface area contributed by atoms with Crippen LogP contribution in [0.2, 0.25) is 0 Å². The van der Waals surface area contributed by atoms with Gasteiger partial charge in [-0.25, -0.2) is 0 Å². The first-order chi connectivity index (χ1) is 10.1. The van der Waals surface area contributed by atoms with Gasteiger partial charge in [-0.05, 0) is 31.7 Å². The molecule has 2 aromatic heterocycles. The number of nitrogens with one attached hydrogen (secondary N) is 1. The first kappa shape index (κ1) is 14.2. The summed E-state index contributed by atoms with van der Waals surface area (Å²) >= 11 is 1.40. The molecule has 0 radical (unpaired) electrons. The van der Waals surface area contributed by atoms with Gasteiger partial charge in [0, 0.05) is 12.5 Å². The van der Waals surface area contributed by atoms with E-state index in [1.54, 1.807) is 6.07 Å². The van der Waals surface area contributed by atoms with Gasteiger partial charge in [-0.3, -0.25) is 4.79 Å². The van der Waals surface area contributed by atoms with Gasteiger partial charge >= 0.3 is 0 Å². The molecule has 1 amide bonds. The van der Waals surface area contributed by atoms with E-state index in [0.717, 1.165) is 13.0 Å². The summed E-state index contributed by atoms with van der Waals surface area (Å²) in [6.45, 7) is 5.05. The van der Waals surface area contributed by atoms with Crippen molar-refractivity contribution in [1.29, 1.82) is 0 Å². The molecule has 0 saturated carbocycles. The molecule has 112 valence electrons. The number of thiophene rings is 1. The maximum atomic E-state index is 12.1. The molecule has 2 aromatic rings. The van der Waals surface area contributed by atoms with Gasteiger partial charge in [0.25, 0.3) is 11.8 Å². The Bertz CT molecular complexity index is 615. The number of carbonyl (C=O) groups is 1. The van der Waals surface area contributed by atoms with Crippen LogP contribution >= 0.6 is 11.3 Å². The summed E-state index contributed by atoms with van der Waals surface area (Å²) in [5, 5.41) is 8.81. The SMILES string of the molecule is CC(C)(NC(=O)c1cccs1)c1nc(C2CCOC2)no1. The highest BCUT2D eigenvalue weighted by Crippen LogP contribution is 2.26. The number of nitrogens with zero attached hydrogens (tertiary/aromatic N) is 2. The average molecular weight is 307 g/mol. The van der Waals surface area contributed by atoms with Crippen molar-refractivity contribution in [2.75, 3.05) is 13.2 Å². The lowest BCUT2D eigenvalue weighted by Gasteiger charge is -2.21. The molecule has 6 nitrogen and oxygen atoms in total. The third kappa shape index (κ3) is 2.98. The van der Waals surface area contributed by atoms with Crippen LogP contribution in [-0.2, 0) is 10.3 Å². The predicted molar refractivity (Wildman–Crippen MR) is 77.3 cm³/mol. The Morgan fingerprint density at radius 1 is 1.52 bits per heavy atom. The lowest BCUT2D eigenvalue weighted by molar-refractivity contribution is 0.0899. The molecule has 0 aliphatic carbocycles. The lowest BCUT2D eigenvalue weighted by Crippen LogP contribution is -2.41.